The van der Waals surface area contributed by atoms with Gasteiger partial charge in [-0.25, -0.2) is 0 Å². The summed E-state index contributed by atoms with van der Waals surface area (Å²) in [6, 6.07) is 10.5. The molecule has 0 saturated carbocycles. The van der Waals surface area contributed by atoms with Gasteiger partial charge in [0.2, 0.25) is 0 Å². The zero-order valence-electron chi connectivity index (χ0n) is 14.7. The first-order valence-corrected chi connectivity index (χ1v) is 7.99. The lowest BCUT2D eigenvalue weighted by molar-refractivity contribution is 0.210. The Morgan fingerprint density at radius 1 is 1.18 bits per heavy atom. The van der Waals surface area contributed by atoms with Gasteiger partial charge >= 0.3 is 0 Å². The molecule has 0 heterocycles. The van der Waals surface area contributed by atoms with E-state index in [0.29, 0.717) is 11.6 Å². The monoisotopic (exact) mass is 302 g/mol. The largest absolute Gasteiger partial charge is 0.395 e. The average molecular weight is 302 g/mol. The van der Waals surface area contributed by atoms with Crippen molar-refractivity contribution in [3.05, 3.63) is 35.9 Å². The zero-order chi connectivity index (χ0) is 16.9. The molecule has 0 aliphatic rings. The fraction of sp³-hybridized carbons (Fsp3) is 0.579. The summed E-state index contributed by atoms with van der Waals surface area (Å²) >= 11 is 0. The maximum atomic E-state index is 9.71. The summed E-state index contributed by atoms with van der Waals surface area (Å²) in [5.74, 6) is 0.247. The van der Waals surface area contributed by atoms with Crippen LogP contribution in [0.2, 0.25) is 0 Å². The maximum absolute atomic E-state index is 9.71. The number of hydrogen-bond acceptors (Lipinski definition) is 3. The topological polar surface area (TPSA) is 56.4 Å². The molecule has 2 N–H and O–H groups in total. The fourth-order valence-electron chi connectivity index (χ4n) is 2.53. The summed E-state index contributed by atoms with van der Waals surface area (Å²) in [6.07, 6.45) is 0. The van der Waals surface area contributed by atoms with Crippen LogP contribution in [0.4, 0.5) is 0 Å². The van der Waals surface area contributed by atoms with Crippen molar-refractivity contribution < 1.29 is 5.11 Å². The van der Waals surface area contributed by atoms with Crippen LogP contribution in [0.15, 0.2) is 35.3 Å². The molecule has 0 bridgehead atoms. The van der Waals surface area contributed by atoms with Crippen molar-refractivity contribution in [1.82, 2.24) is 0 Å². The summed E-state index contributed by atoms with van der Waals surface area (Å²) in [7, 11) is 0. The summed E-state index contributed by atoms with van der Waals surface area (Å²) in [6.45, 7) is 12.1. The Kier molecular flexibility index (Phi) is 6.48. The van der Waals surface area contributed by atoms with Crippen molar-refractivity contribution in [2.24, 2.45) is 16.3 Å². The van der Waals surface area contributed by atoms with E-state index in [9.17, 15) is 5.11 Å². The Labute approximate surface area is 135 Å². The molecule has 3 nitrogen and oxygen atoms in total. The third kappa shape index (κ3) is 4.51. The molecular formula is C19H30N2O. The Balaban J connectivity index is 3.13. The van der Waals surface area contributed by atoms with Crippen LogP contribution in [0.1, 0.15) is 53.0 Å². The van der Waals surface area contributed by atoms with Crippen molar-refractivity contribution in [2.45, 2.75) is 53.5 Å². The number of aliphatic hydroxyl groups excluding tert-OH is 1. The van der Waals surface area contributed by atoms with Crippen molar-refractivity contribution in [3.8, 4) is 0 Å². The van der Waals surface area contributed by atoms with E-state index in [1.807, 2.05) is 39.0 Å². The zero-order valence-corrected chi connectivity index (χ0v) is 14.7. The van der Waals surface area contributed by atoms with Crippen LogP contribution in [-0.4, -0.2) is 29.2 Å². The lowest BCUT2D eigenvalue weighted by atomic mass is 9.79. The Morgan fingerprint density at radius 3 is 2.18 bits per heavy atom. The van der Waals surface area contributed by atoms with E-state index < -0.39 is 5.41 Å². The van der Waals surface area contributed by atoms with E-state index in [4.69, 9.17) is 10.4 Å². The van der Waals surface area contributed by atoms with Gasteiger partial charge in [-0.3, -0.25) is 4.99 Å². The molecule has 0 radical (unpaired) electrons. The molecule has 0 aromatic heterocycles. The molecule has 0 spiro atoms. The van der Waals surface area contributed by atoms with Gasteiger partial charge in [0.15, 0.2) is 0 Å². The highest BCUT2D eigenvalue weighted by Crippen LogP contribution is 2.27. The molecule has 0 aliphatic carbocycles. The highest BCUT2D eigenvalue weighted by molar-refractivity contribution is 6.07. The Bertz CT molecular complexity index is 519. The highest BCUT2D eigenvalue weighted by atomic mass is 16.3. The van der Waals surface area contributed by atoms with Gasteiger partial charge in [0.25, 0.3) is 0 Å². The molecule has 3 atom stereocenters. The van der Waals surface area contributed by atoms with E-state index in [-0.39, 0.29) is 18.6 Å². The lowest BCUT2D eigenvalue weighted by Gasteiger charge is -2.31. The number of rotatable bonds is 7. The van der Waals surface area contributed by atoms with Crippen LogP contribution in [0, 0.1) is 16.7 Å². The molecular weight excluding hydrogens is 272 g/mol. The van der Waals surface area contributed by atoms with Crippen LogP contribution in [0.3, 0.4) is 0 Å². The molecule has 22 heavy (non-hydrogen) atoms. The molecule has 1 aromatic carbocycles. The van der Waals surface area contributed by atoms with Gasteiger partial charge in [-0.2, -0.15) is 0 Å². The molecule has 0 aliphatic heterocycles. The number of benzene rings is 1. The minimum Gasteiger partial charge on any atom is -0.395 e. The van der Waals surface area contributed by atoms with Crippen molar-refractivity contribution in [3.63, 3.8) is 0 Å². The predicted octanol–water partition coefficient (Wildman–Crippen LogP) is 4.31. The van der Waals surface area contributed by atoms with Gasteiger partial charge < -0.3 is 10.5 Å². The van der Waals surface area contributed by atoms with Crippen LogP contribution in [-0.2, 0) is 0 Å². The minimum atomic E-state index is -0.410. The SMILES string of the molecule is CC(=N)C(C)C(=NC(C)C(C)c1ccccc1)C(C)(C)CO. The molecule has 0 saturated heterocycles. The summed E-state index contributed by atoms with van der Waals surface area (Å²) in [4.78, 5) is 4.93. The molecule has 0 fully saturated rings. The van der Waals surface area contributed by atoms with Gasteiger partial charge in [-0.15, -0.1) is 0 Å². The normalized spacial score (nSPS) is 17.0. The summed E-state index contributed by atoms with van der Waals surface area (Å²) in [5, 5.41) is 17.7. The predicted molar refractivity (Wildman–Crippen MR) is 95.2 cm³/mol. The standard InChI is InChI=1S/C19H30N2O/c1-13(15(3)20)18(19(5,6)12-22)21-16(4)14(2)17-10-8-7-9-11-17/h7-11,13-14,16,20,22H,12H2,1-6H3. The third-order valence-corrected chi connectivity index (χ3v) is 4.54. The Hall–Kier alpha value is -1.48. The van der Waals surface area contributed by atoms with Crippen molar-refractivity contribution in [1.29, 1.82) is 5.41 Å². The fourth-order valence-corrected chi connectivity index (χ4v) is 2.53. The van der Waals surface area contributed by atoms with E-state index in [0.717, 1.165) is 5.71 Å². The molecule has 1 rings (SSSR count). The summed E-state index contributed by atoms with van der Waals surface area (Å²) in [5.41, 5.74) is 2.35. The first kappa shape index (κ1) is 18.6. The second-order valence-corrected chi connectivity index (χ2v) is 6.90. The smallest absolute Gasteiger partial charge is 0.0537 e. The quantitative estimate of drug-likeness (QED) is 0.724. The van der Waals surface area contributed by atoms with Crippen LogP contribution < -0.4 is 0 Å². The molecule has 3 unspecified atom stereocenters. The van der Waals surface area contributed by atoms with E-state index >= 15 is 0 Å². The van der Waals surface area contributed by atoms with Crippen molar-refractivity contribution in [2.75, 3.05) is 6.61 Å². The molecule has 122 valence electrons. The maximum Gasteiger partial charge on any atom is 0.0537 e. The first-order valence-electron chi connectivity index (χ1n) is 7.99. The van der Waals surface area contributed by atoms with E-state index in [1.165, 1.54) is 5.56 Å². The van der Waals surface area contributed by atoms with Gasteiger partial charge in [0, 0.05) is 28.7 Å². The molecule has 1 aromatic rings. The number of nitrogens with zero attached hydrogens (tertiary/aromatic N) is 1. The molecule has 0 amide bonds. The second-order valence-electron chi connectivity index (χ2n) is 6.90. The average Bonchev–Trinajstić information content (AvgIpc) is 2.51. The van der Waals surface area contributed by atoms with Crippen molar-refractivity contribution >= 4 is 11.4 Å². The minimum absolute atomic E-state index is 0.0376. The van der Waals surface area contributed by atoms with Gasteiger partial charge in [0.05, 0.1) is 12.6 Å². The highest BCUT2D eigenvalue weighted by Gasteiger charge is 2.30. The van der Waals surface area contributed by atoms with Gasteiger partial charge in [-0.1, -0.05) is 58.0 Å². The van der Waals surface area contributed by atoms with E-state index in [1.54, 1.807) is 6.92 Å². The number of nitrogens with one attached hydrogen (secondary N) is 1. The van der Waals surface area contributed by atoms with E-state index in [2.05, 4.69) is 26.0 Å². The second kappa shape index (κ2) is 7.68. The van der Waals surface area contributed by atoms with Gasteiger partial charge in [-0.05, 0) is 19.4 Å². The number of aliphatic hydroxyl groups is 1. The van der Waals surface area contributed by atoms with Crippen LogP contribution in [0.5, 0.6) is 0 Å². The molecule has 3 heteroatoms. The number of hydrogen-bond donors (Lipinski definition) is 2. The number of aliphatic imine (C=N–C) groups is 1. The lowest BCUT2D eigenvalue weighted by Crippen LogP contribution is -2.37. The van der Waals surface area contributed by atoms with Crippen LogP contribution >= 0.6 is 0 Å². The third-order valence-electron chi connectivity index (χ3n) is 4.54. The van der Waals surface area contributed by atoms with Gasteiger partial charge in [0.1, 0.15) is 0 Å². The Morgan fingerprint density at radius 2 is 1.73 bits per heavy atom. The first-order chi connectivity index (χ1) is 10.2. The summed E-state index contributed by atoms with van der Waals surface area (Å²) < 4.78 is 0. The van der Waals surface area contributed by atoms with Crippen LogP contribution in [0.25, 0.3) is 0 Å².